The van der Waals surface area contributed by atoms with Crippen molar-refractivity contribution in [2.75, 3.05) is 13.1 Å². The first-order valence-corrected chi connectivity index (χ1v) is 8.53. The van der Waals surface area contributed by atoms with Crippen molar-refractivity contribution in [2.24, 2.45) is 5.92 Å². The molecule has 0 spiro atoms. The van der Waals surface area contributed by atoms with Crippen LogP contribution < -0.4 is 0 Å². The monoisotopic (exact) mass is 378 g/mol. The summed E-state index contributed by atoms with van der Waals surface area (Å²) < 4.78 is 43.8. The molecule has 2 heterocycles. The quantitative estimate of drug-likeness (QED) is 0.684. The van der Waals surface area contributed by atoms with Crippen LogP contribution in [-0.2, 0) is 17.3 Å². The van der Waals surface area contributed by atoms with Crippen LogP contribution in [0.4, 0.5) is 18.0 Å². The van der Waals surface area contributed by atoms with E-state index in [2.05, 4.69) is 4.98 Å². The van der Waals surface area contributed by atoms with Gasteiger partial charge in [0, 0.05) is 13.1 Å². The third kappa shape index (κ3) is 6.06. The summed E-state index contributed by atoms with van der Waals surface area (Å²) >= 11 is 5.72. The van der Waals surface area contributed by atoms with Crippen LogP contribution >= 0.6 is 11.6 Å². The van der Waals surface area contributed by atoms with E-state index < -0.39 is 17.5 Å². The molecular weight excluding hydrogens is 357 g/mol. The Bertz CT molecular complexity index is 621. The number of carbonyl (C=O) groups excluding carboxylic acids is 1. The zero-order chi connectivity index (χ0) is 18.8. The molecule has 0 unspecified atom stereocenters. The predicted octanol–water partition coefficient (Wildman–Crippen LogP) is 4.94. The maximum absolute atomic E-state index is 12.8. The maximum atomic E-state index is 12.8. The molecule has 0 aliphatic carbocycles. The zero-order valence-corrected chi connectivity index (χ0v) is 15.2. The molecule has 0 saturated carbocycles. The van der Waals surface area contributed by atoms with Gasteiger partial charge in [0.2, 0.25) is 0 Å². The van der Waals surface area contributed by atoms with Gasteiger partial charge in [0.1, 0.15) is 16.4 Å². The van der Waals surface area contributed by atoms with Crippen molar-refractivity contribution in [2.45, 2.75) is 51.8 Å². The smallest absolute Gasteiger partial charge is 0.433 e. The lowest BCUT2D eigenvalue weighted by Gasteiger charge is -2.33. The number of ether oxygens (including phenoxy) is 1. The minimum atomic E-state index is -4.51. The van der Waals surface area contributed by atoms with E-state index in [1.165, 1.54) is 6.07 Å². The van der Waals surface area contributed by atoms with Gasteiger partial charge in [0.05, 0.1) is 0 Å². The van der Waals surface area contributed by atoms with Crippen molar-refractivity contribution < 1.29 is 22.7 Å². The van der Waals surface area contributed by atoms with Crippen LogP contribution in [0.5, 0.6) is 0 Å². The van der Waals surface area contributed by atoms with Gasteiger partial charge in [0.25, 0.3) is 0 Å². The van der Waals surface area contributed by atoms with Crippen LogP contribution in [0.15, 0.2) is 12.1 Å². The van der Waals surface area contributed by atoms with Crippen LogP contribution in [0.3, 0.4) is 0 Å². The summed E-state index contributed by atoms with van der Waals surface area (Å²) in [5, 5.41) is -0.156. The molecular formula is C17H22ClF3N2O2. The Labute approximate surface area is 150 Å². The van der Waals surface area contributed by atoms with Gasteiger partial charge in [-0.05, 0) is 63.6 Å². The predicted molar refractivity (Wildman–Crippen MR) is 88.5 cm³/mol. The van der Waals surface area contributed by atoms with Gasteiger partial charge in [-0.3, -0.25) is 0 Å². The Hall–Kier alpha value is -1.50. The van der Waals surface area contributed by atoms with Crippen LogP contribution in [0.1, 0.15) is 44.9 Å². The number of amides is 1. The number of nitrogens with zero attached hydrogens (tertiary/aromatic N) is 2. The summed E-state index contributed by atoms with van der Waals surface area (Å²) in [6.45, 7) is 6.49. The lowest BCUT2D eigenvalue weighted by Crippen LogP contribution is -2.42. The third-order valence-electron chi connectivity index (χ3n) is 3.93. The average Bonchev–Trinajstić information content (AvgIpc) is 2.44. The minimum Gasteiger partial charge on any atom is -0.444 e. The molecule has 1 fully saturated rings. The van der Waals surface area contributed by atoms with Gasteiger partial charge < -0.3 is 9.64 Å². The second-order valence-corrected chi connectivity index (χ2v) is 7.68. The fourth-order valence-electron chi connectivity index (χ4n) is 2.79. The van der Waals surface area contributed by atoms with Crippen LogP contribution in [0, 0.1) is 5.92 Å². The number of rotatable bonds is 2. The average molecular weight is 379 g/mol. The molecule has 0 N–H and O–H groups in total. The van der Waals surface area contributed by atoms with Gasteiger partial charge in [-0.2, -0.15) is 13.2 Å². The van der Waals surface area contributed by atoms with E-state index in [0.717, 1.165) is 6.07 Å². The fourth-order valence-corrected chi connectivity index (χ4v) is 3.02. The van der Waals surface area contributed by atoms with Gasteiger partial charge in [-0.15, -0.1) is 0 Å². The lowest BCUT2D eigenvalue weighted by atomic mass is 9.90. The summed E-state index contributed by atoms with van der Waals surface area (Å²) in [6, 6.07) is 2.52. The van der Waals surface area contributed by atoms with Crippen molar-refractivity contribution in [3.05, 3.63) is 28.5 Å². The van der Waals surface area contributed by atoms with E-state index >= 15 is 0 Å². The molecule has 1 aliphatic rings. The molecule has 1 aromatic heterocycles. The number of hydrogen-bond acceptors (Lipinski definition) is 3. The van der Waals surface area contributed by atoms with Gasteiger partial charge in [-0.25, -0.2) is 9.78 Å². The summed E-state index contributed by atoms with van der Waals surface area (Å²) in [7, 11) is 0. The lowest BCUT2D eigenvalue weighted by molar-refractivity contribution is -0.141. The largest absolute Gasteiger partial charge is 0.444 e. The van der Waals surface area contributed by atoms with E-state index in [0.29, 0.717) is 37.9 Å². The van der Waals surface area contributed by atoms with Gasteiger partial charge >= 0.3 is 12.3 Å². The molecule has 1 saturated heterocycles. The van der Waals surface area contributed by atoms with E-state index in [-0.39, 0.29) is 17.2 Å². The van der Waals surface area contributed by atoms with Crippen molar-refractivity contribution in [1.82, 2.24) is 9.88 Å². The van der Waals surface area contributed by atoms with Crippen molar-refractivity contribution in [3.8, 4) is 0 Å². The topological polar surface area (TPSA) is 42.4 Å². The SMILES string of the molecule is CC(C)(C)OC(=O)N1CCC(Cc2cc(Cl)nc(C(F)(F)F)c2)CC1. The summed E-state index contributed by atoms with van der Waals surface area (Å²) in [4.78, 5) is 17.0. The number of hydrogen-bond donors (Lipinski definition) is 0. The Morgan fingerprint density at radius 1 is 1.28 bits per heavy atom. The molecule has 8 heteroatoms. The van der Waals surface area contributed by atoms with Crippen LogP contribution in [-0.4, -0.2) is 34.7 Å². The van der Waals surface area contributed by atoms with Gasteiger partial charge in [0.15, 0.2) is 0 Å². The number of likely N-dealkylation sites (tertiary alicyclic amines) is 1. The molecule has 140 valence electrons. The van der Waals surface area contributed by atoms with E-state index in [4.69, 9.17) is 16.3 Å². The molecule has 4 nitrogen and oxygen atoms in total. The zero-order valence-electron chi connectivity index (χ0n) is 14.5. The first kappa shape index (κ1) is 19.8. The van der Waals surface area contributed by atoms with Gasteiger partial charge in [-0.1, -0.05) is 11.6 Å². The normalized spacial score (nSPS) is 16.8. The van der Waals surface area contributed by atoms with E-state index in [9.17, 15) is 18.0 Å². The fraction of sp³-hybridized carbons (Fsp3) is 0.647. The summed E-state index contributed by atoms with van der Waals surface area (Å²) in [6.07, 6.45) is -2.97. The molecule has 1 aromatic rings. The first-order valence-electron chi connectivity index (χ1n) is 8.15. The Kier molecular flexibility index (Phi) is 5.86. The number of halogens is 4. The molecule has 1 aliphatic heterocycles. The Balaban J connectivity index is 1.94. The first-order chi connectivity index (χ1) is 11.4. The Morgan fingerprint density at radius 2 is 1.88 bits per heavy atom. The standard InChI is InChI=1S/C17H22ClF3N2O2/c1-16(2,3)25-15(24)23-6-4-11(5-7-23)8-12-9-13(17(19,20)21)22-14(18)10-12/h9-11H,4-8H2,1-3H3. The molecule has 0 atom stereocenters. The number of alkyl halides is 3. The maximum Gasteiger partial charge on any atom is 0.433 e. The molecule has 25 heavy (non-hydrogen) atoms. The Morgan fingerprint density at radius 3 is 2.40 bits per heavy atom. The number of piperidine rings is 1. The van der Waals surface area contributed by atoms with Crippen molar-refractivity contribution in [3.63, 3.8) is 0 Å². The summed E-state index contributed by atoms with van der Waals surface area (Å²) in [5.74, 6) is 0.193. The molecule has 0 bridgehead atoms. The van der Waals surface area contributed by atoms with Crippen LogP contribution in [0.25, 0.3) is 0 Å². The third-order valence-corrected chi connectivity index (χ3v) is 4.13. The highest BCUT2D eigenvalue weighted by Crippen LogP contribution is 2.31. The minimum absolute atomic E-state index is 0.156. The van der Waals surface area contributed by atoms with Crippen molar-refractivity contribution in [1.29, 1.82) is 0 Å². The van der Waals surface area contributed by atoms with E-state index in [1.807, 2.05) is 20.8 Å². The highest BCUT2D eigenvalue weighted by Gasteiger charge is 2.33. The number of aromatic nitrogens is 1. The number of carbonyl (C=O) groups is 1. The second kappa shape index (κ2) is 7.40. The molecule has 2 rings (SSSR count). The van der Waals surface area contributed by atoms with Crippen molar-refractivity contribution >= 4 is 17.7 Å². The summed E-state index contributed by atoms with van der Waals surface area (Å²) in [5.41, 5.74) is -1.00. The molecule has 0 radical (unpaired) electrons. The molecule has 0 aromatic carbocycles. The van der Waals surface area contributed by atoms with E-state index in [1.54, 1.807) is 4.90 Å². The highest BCUT2D eigenvalue weighted by atomic mass is 35.5. The number of pyridine rings is 1. The molecule has 1 amide bonds. The second-order valence-electron chi connectivity index (χ2n) is 7.30. The van der Waals surface area contributed by atoms with Crippen LogP contribution in [0.2, 0.25) is 5.15 Å². The highest BCUT2D eigenvalue weighted by molar-refractivity contribution is 6.29.